The first-order chi connectivity index (χ1) is 8.02. The second-order valence-corrected chi connectivity index (χ2v) is 5.07. The molecule has 0 spiro atoms. The molecule has 2 nitrogen and oxygen atoms in total. The van der Waals surface area contributed by atoms with Crippen molar-refractivity contribution in [2.24, 2.45) is 0 Å². The minimum Gasteiger partial charge on any atom is -0.333 e. The summed E-state index contributed by atoms with van der Waals surface area (Å²) in [7, 11) is -1.47. The van der Waals surface area contributed by atoms with E-state index in [1.807, 2.05) is 0 Å². The van der Waals surface area contributed by atoms with Crippen molar-refractivity contribution >= 4 is 8.46 Å². The summed E-state index contributed by atoms with van der Waals surface area (Å²) in [5.74, 6) is 0. The van der Waals surface area contributed by atoms with Crippen LogP contribution in [0.3, 0.4) is 0 Å². The molecule has 0 heterocycles. The molecule has 0 aliphatic heterocycles. The fourth-order valence-corrected chi connectivity index (χ4v) is 1.22. The van der Waals surface area contributed by atoms with Crippen molar-refractivity contribution in [2.45, 2.75) is 43.3 Å². The molecule has 0 bridgehead atoms. The normalized spacial score (nSPS) is 15.9. The van der Waals surface area contributed by atoms with E-state index in [0.29, 0.717) is 13.8 Å². The van der Waals surface area contributed by atoms with E-state index >= 15 is 0 Å². The van der Waals surface area contributed by atoms with Crippen LogP contribution in [-0.4, -0.2) is 29.5 Å². The third kappa shape index (κ3) is 3.31. The minimum atomic E-state index is -6.83. The highest BCUT2D eigenvalue weighted by Gasteiger charge is 2.86. The van der Waals surface area contributed by atoms with E-state index in [4.69, 9.17) is 0 Å². The molecule has 0 aromatic rings. The Balaban J connectivity index is 6.20. The van der Waals surface area contributed by atoms with Gasteiger partial charge < -0.3 is 4.74 Å². The van der Waals surface area contributed by atoms with E-state index in [2.05, 4.69) is 4.74 Å². The second-order valence-electron chi connectivity index (χ2n) is 3.81. The number of ether oxygens (including phenoxy) is 1. The summed E-state index contributed by atoms with van der Waals surface area (Å²) < 4.78 is 125. The molecular weight excluding hydrogens is 318 g/mol. The van der Waals surface area contributed by atoms with Gasteiger partial charge in [0.05, 0.1) is 0 Å². The third-order valence-electron chi connectivity index (χ3n) is 1.82. The highest BCUT2D eigenvalue weighted by molar-refractivity contribution is 7.25. The van der Waals surface area contributed by atoms with Gasteiger partial charge in [-0.05, 0) is 13.8 Å². The first kappa shape index (κ1) is 18.4. The van der Waals surface area contributed by atoms with Crippen LogP contribution >= 0.6 is 8.46 Å². The lowest BCUT2D eigenvalue weighted by Gasteiger charge is -2.41. The average Bonchev–Trinajstić information content (AvgIpc) is 2.08. The molecule has 0 atom stereocenters. The molecule has 0 saturated heterocycles. The Bertz CT molecular complexity index is 304. The van der Waals surface area contributed by atoms with Crippen molar-refractivity contribution in [1.29, 1.82) is 0 Å². The van der Waals surface area contributed by atoms with Crippen LogP contribution in [0, 0.1) is 0 Å². The third-order valence-corrected chi connectivity index (χ3v) is 2.35. The van der Waals surface area contributed by atoms with Crippen LogP contribution in [0.4, 0.5) is 39.5 Å². The SMILES string of the molecule is CC(C)(OC(C(F)(F)F)(C(F)(F)F)C(F)(F)F)P=O. The zero-order valence-electron chi connectivity index (χ0n) is 9.17. The molecule has 0 fully saturated rings. The Morgan fingerprint density at radius 2 is 1.00 bits per heavy atom. The van der Waals surface area contributed by atoms with Gasteiger partial charge in [-0.1, -0.05) is 0 Å². The van der Waals surface area contributed by atoms with Gasteiger partial charge in [0, 0.05) is 0 Å². The van der Waals surface area contributed by atoms with E-state index in [1.54, 1.807) is 0 Å². The maximum absolute atomic E-state index is 12.4. The molecule has 114 valence electrons. The molecule has 0 saturated carbocycles. The number of alkyl halides is 9. The van der Waals surface area contributed by atoms with E-state index in [-0.39, 0.29) is 0 Å². The summed E-state index contributed by atoms with van der Waals surface area (Å²) in [6.07, 6.45) is -20.5. The number of halogens is 9. The van der Waals surface area contributed by atoms with Gasteiger partial charge >= 0.3 is 24.1 Å². The Morgan fingerprint density at radius 1 is 0.737 bits per heavy atom. The zero-order valence-corrected chi connectivity index (χ0v) is 10.1. The number of rotatable bonds is 3. The highest BCUT2D eigenvalue weighted by atomic mass is 31.1. The van der Waals surface area contributed by atoms with E-state index < -0.39 is 37.9 Å². The molecule has 0 N–H and O–H groups in total. The topological polar surface area (TPSA) is 26.3 Å². The standard InChI is InChI=1S/C7H6F9O2P/c1-3(2,19-17)18-4(5(8,9)10,6(11,12)13)7(14,15)16/h1-2H3. The van der Waals surface area contributed by atoms with Gasteiger partial charge in [-0.3, -0.25) is 4.57 Å². The molecule has 0 unspecified atom stereocenters. The van der Waals surface area contributed by atoms with E-state index in [0.717, 1.165) is 0 Å². The van der Waals surface area contributed by atoms with Crippen molar-refractivity contribution in [1.82, 2.24) is 0 Å². The van der Waals surface area contributed by atoms with Crippen LogP contribution in [-0.2, 0) is 9.30 Å². The van der Waals surface area contributed by atoms with Crippen molar-refractivity contribution < 1.29 is 48.8 Å². The molecule has 0 aliphatic carbocycles. The lowest BCUT2D eigenvalue weighted by atomic mass is 10.0. The van der Waals surface area contributed by atoms with Gasteiger partial charge in [0.1, 0.15) is 5.34 Å². The lowest BCUT2D eigenvalue weighted by molar-refractivity contribution is -0.466. The average molecular weight is 324 g/mol. The molecule has 0 aromatic carbocycles. The molecule has 12 heteroatoms. The maximum atomic E-state index is 12.4. The van der Waals surface area contributed by atoms with Crippen LogP contribution in [0.5, 0.6) is 0 Å². The molecule has 0 amide bonds. The van der Waals surface area contributed by atoms with E-state index in [9.17, 15) is 44.1 Å². The molecule has 0 radical (unpaired) electrons. The smallest absolute Gasteiger partial charge is 0.333 e. The first-order valence-corrected chi connectivity index (χ1v) is 5.08. The zero-order chi connectivity index (χ0) is 15.9. The van der Waals surface area contributed by atoms with Crippen LogP contribution in [0.15, 0.2) is 0 Å². The Morgan fingerprint density at radius 3 is 1.16 bits per heavy atom. The Hall–Kier alpha value is -0.570. The largest absolute Gasteiger partial charge is 0.435 e. The maximum Gasteiger partial charge on any atom is 0.435 e. The van der Waals surface area contributed by atoms with Crippen molar-refractivity contribution in [2.75, 3.05) is 0 Å². The van der Waals surface area contributed by atoms with Crippen LogP contribution < -0.4 is 0 Å². The monoisotopic (exact) mass is 324 g/mol. The van der Waals surface area contributed by atoms with Crippen LogP contribution in [0.25, 0.3) is 0 Å². The molecule has 19 heavy (non-hydrogen) atoms. The van der Waals surface area contributed by atoms with E-state index in [1.165, 1.54) is 0 Å². The molecule has 0 rings (SSSR count). The Kier molecular flexibility index (Phi) is 4.62. The van der Waals surface area contributed by atoms with Gasteiger partial charge in [-0.15, -0.1) is 0 Å². The van der Waals surface area contributed by atoms with Gasteiger partial charge in [0.2, 0.25) is 0 Å². The summed E-state index contributed by atoms with van der Waals surface area (Å²) in [4.78, 5) is 0. The molecule has 0 aromatic heterocycles. The van der Waals surface area contributed by atoms with Gasteiger partial charge in [-0.2, -0.15) is 39.5 Å². The fraction of sp³-hybridized carbons (Fsp3) is 1.00. The van der Waals surface area contributed by atoms with Gasteiger partial charge in [0.25, 0.3) is 0 Å². The summed E-state index contributed by atoms with van der Waals surface area (Å²) in [5, 5.41) is -2.85. The summed E-state index contributed by atoms with van der Waals surface area (Å²) in [6, 6.07) is 0. The Labute approximate surface area is 102 Å². The summed E-state index contributed by atoms with van der Waals surface area (Å²) in [5.41, 5.74) is -6.41. The van der Waals surface area contributed by atoms with Crippen molar-refractivity contribution in [3.8, 4) is 0 Å². The quantitative estimate of drug-likeness (QED) is 0.566. The summed E-state index contributed by atoms with van der Waals surface area (Å²) >= 11 is 0. The predicted octanol–water partition coefficient (Wildman–Crippen LogP) is 4.46. The second kappa shape index (κ2) is 4.76. The fourth-order valence-electron chi connectivity index (χ4n) is 1.05. The van der Waals surface area contributed by atoms with Crippen molar-refractivity contribution in [3.05, 3.63) is 0 Å². The predicted molar refractivity (Wildman–Crippen MR) is 43.7 cm³/mol. The van der Waals surface area contributed by atoms with Gasteiger partial charge in [-0.25, -0.2) is 0 Å². The molecular formula is C7H6F9O2P. The first-order valence-electron chi connectivity index (χ1n) is 4.27. The van der Waals surface area contributed by atoms with Crippen molar-refractivity contribution in [3.63, 3.8) is 0 Å². The summed E-state index contributed by atoms with van der Waals surface area (Å²) in [6.45, 7) is 0.777. The minimum absolute atomic E-state index is 0.388. The van der Waals surface area contributed by atoms with Gasteiger partial charge in [0.15, 0.2) is 8.46 Å². The number of hydrogen-bond acceptors (Lipinski definition) is 2. The molecule has 0 aliphatic rings. The van der Waals surface area contributed by atoms with Crippen LogP contribution in [0.2, 0.25) is 0 Å². The van der Waals surface area contributed by atoms with Crippen LogP contribution in [0.1, 0.15) is 13.8 Å². The number of hydrogen-bond donors (Lipinski definition) is 0. The highest BCUT2D eigenvalue weighted by Crippen LogP contribution is 2.57. The lowest BCUT2D eigenvalue weighted by Crippen LogP contribution is -2.69.